The zero-order valence-electron chi connectivity index (χ0n) is 9.12. The van der Waals surface area contributed by atoms with Crippen molar-refractivity contribution in [3.05, 3.63) is 24.0 Å². The van der Waals surface area contributed by atoms with Crippen LogP contribution in [0.25, 0.3) is 0 Å². The standard InChI is InChI=1S/C11H19N3/c1-8(2)10(12)7-14-11-4-5-13-6-9(11)3/h4-6,8,10H,7,12H2,1-3H3,(H,13,14). The Hall–Kier alpha value is -1.09. The van der Waals surface area contributed by atoms with Gasteiger partial charge in [0, 0.05) is 30.7 Å². The summed E-state index contributed by atoms with van der Waals surface area (Å²) in [5, 5.41) is 3.33. The molecule has 0 aliphatic rings. The quantitative estimate of drug-likeness (QED) is 0.766. The first kappa shape index (κ1) is 11.0. The Kier molecular flexibility index (Phi) is 3.89. The van der Waals surface area contributed by atoms with Crippen LogP contribution in [0.3, 0.4) is 0 Å². The molecule has 0 spiro atoms. The smallest absolute Gasteiger partial charge is 0.0401 e. The van der Waals surface area contributed by atoms with E-state index in [0.29, 0.717) is 5.92 Å². The molecule has 78 valence electrons. The molecule has 14 heavy (non-hydrogen) atoms. The summed E-state index contributed by atoms with van der Waals surface area (Å²) in [6.45, 7) is 7.11. The van der Waals surface area contributed by atoms with Crippen molar-refractivity contribution < 1.29 is 0 Å². The summed E-state index contributed by atoms with van der Waals surface area (Å²) < 4.78 is 0. The van der Waals surface area contributed by atoms with Crippen LogP contribution in [0.4, 0.5) is 5.69 Å². The number of aromatic nitrogens is 1. The first-order valence-corrected chi connectivity index (χ1v) is 5.01. The van der Waals surface area contributed by atoms with Crippen molar-refractivity contribution >= 4 is 5.69 Å². The largest absolute Gasteiger partial charge is 0.383 e. The number of nitrogens with one attached hydrogen (secondary N) is 1. The van der Waals surface area contributed by atoms with Gasteiger partial charge in [-0.05, 0) is 24.5 Å². The van der Waals surface area contributed by atoms with Gasteiger partial charge in [0.25, 0.3) is 0 Å². The second kappa shape index (κ2) is 4.96. The highest BCUT2D eigenvalue weighted by Gasteiger charge is 2.07. The molecule has 0 radical (unpaired) electrons. The molecule has 1 unspecified atom stereocenters. The fourth-order valence-corrected chi connectivity index (χ4v) is 1.14. The second-order valence-corrected chi connectivity index (χ2v) is 3.98. The molecule has 0 aromatic carbocycles. The van der Waals surface area contributed by atoms with Gasteiger partial charge in [-0.2, -0.15) is 0 Å². The highest BCUT2D eigenvalue weighted by atomic mass is 14.9. The van der Waals surface area contributed by atoms with Crippen molar-refractivity contribution in [2.75, 3.05) is 11.9 Å². The van der Waals surface area contributed by atoms with Gasteiger partial charge >= 0.3 is 0 Å². The van der Waals surface area contributed by atoms with Crippen LogP contribution in [0.2, 0.25) is 0 Å². The lowest BCUT2D eigenvalue weighted by Gasteiger charge is -2.17. The van der Waals surface area contributed by atoms with Gasteiger partial charge in [-0.1, -0.05) is 13.8 Å². The van der Waals surface area contributed by atoms with E-state index in [2.05, 4.69) is 24.1 Å². The summed E-state index contributed by atoms with van der Waals surface area (Å²) in [6.07, 6.45) is 3.64. The Morgan fingerprint density at radius 2 is 2.21 bits per heavy atom. The molecular formula is C11H19N3. The van der Waals surface area contributed by atoms with E-state index in [4.69, 9.17) is 5.73 Å². The molecule has 0 aliphatic heterocycles. The van der Waals surface area contributed by atoms with Crippen molar-refractivity contribution in [3.63, 3.8) is 0 Å². The molecule has 1 aromatic heterocycles. The van der Waals surface area contributed by atoms with Gasteiger partial charge in [0.1, 0.15) is 0 Å². The zero-order valence-corrected chi connectivity index (χ0v) is 9.12. The van der Waals surface area contributed by atoms with Gasteiger partial charge in [-0.3, -0.25) is 4.98 Å². The van der Waals surface area contributed by atoms with Gasteiger partial charge in [-0.15, -0.1) is 0 Å². The maximum atomic E-state index is 5.94. The van der Waals surface area contributed by atoms with Crippen molar-refractivity contribution in [3.8, 4) is 0 Å². The van der Waals surface area contributed by atoms with E-state index in [-0.39, 0.29) is 6.04 Å². The van der Waals surface area contributed by atoms with Crippen LogP contribution >= 0.6 is 0 Å². The molecule has 0 saturated heterocycles. The van der Waals surface area contributed by atoms with Gasteiger partial charge in [0.05, 0.1) is 0 Å². The minimum absolute atomic E-state index is 0.197. The van der Waals surface area contributed by atoms with Crippen LogP contribution in [0.1, 0.15) is 19.4 Å². The van der Waals surface area contributed by atoms with E-state index in [1.165, 1.54) is 0 Å². The summed E-state index contributed by atoms with van der Waals surface area (Å²) in [5.41, 5.74) is 8.21. The second-order valence-electron chi connectivity index (χ2n) is 3.98. The van der Waals surface area contributed by atoms with Crippen LogP contribution in [-0.2, 0) is 0 Å². The molecule has 0 fully saturated rings. The van der Waals surface area contributed by atoms with E-state index < -0.39 is 0 Å². The number of nitrogens with zero attached hydrogens (tertiary/aromatic N) is 1. The van der Waals surface area contributed by atoms with Crippen LogP contribution in [-0.4, -0.2) is 17.6 Å². The summed E-state index contributed by atoms with van der Waals surface area (Å²) in [4.78, 5) is 4.04. The first-order valence-electron chi connectivity index (χ1n) is 5.01. The molecule has 1 atom stereocenters. The predicted octanol–water partition coefficient (Wildman–Crippen LogP) is 1.79. The third-order valence-corrected chi connectivity index (χ3v) is 2.40. The lowest BCUT2D eigenvalue weighted by atomic mass is 10.1. The minimum Gasteiger partial charge on any atom is -0.383 e. The van der Waals surface area contributed by atoms with Gasteiger partial charge < -0.3 is 11.1 Å². The van der Waals surface area contributed by atoms with E-state index >= 15 is 0 Å². The van der Waals surface area contributed by atoms with Crippen molar-refractivity contribution in [2.45, 2.75) is 26.8 Å². The Labute approximate surface area is 85.7 Å². The van der Waals surface area contributed by atoms with Crippen LogP contribution < -0.4 is 11.1 Å². The molecule has 1 aromatic rings. The third-order valence-electron chi connectivity index (χ3n) is 2.40. The first-order chi connectivity index (χ1) is 6.61. The molecular weight excluding hydrogens is 174 g/mol. The Bertz CT molecular complexity index is 284. The number of anilines is 1. The van der Waals surface area contributed by atoms with E-state index in [0.717, 1.165) is 17.8 Å². The molecule has 0 amide bonds. The third kappa shape index (κ3) is 3.00. The summed E-state index contributed by atoms with van der Waals surface area (Å²) in [7, 11) is 0. The lowest BCUT2D eigenvalue weighted by Crippen LogP contribution is -2.34. The summed E-state index contributed by atoms with van der Waals surface area (Å²) in [5.74, 6) is 0.504. The maximum Gasteiger partial charge on any atom is 0.0401 e. The molecule has 3 nitrogen and oxygen atoms in total. The predicted molar refractivity (Wildman–Crippen MR) is 60.3 cm³/mol. The van der Waals surface area contributed by atoms with Gasteiger partial charge in [0.15, 0.2) is 0 Å². The average Bonchev–Trinajstić information content (AvgIpc) is 2.16. The Morgan fingerprint density at radius 1 is 1.50 bits per heavy atom. The summed E-state index contributed by atoms with van der Waals surface area (Å²) >= 11 is 0. The lowest BCUT2D eigenvalue weighted by molar-refractivity contribution is 0.511. The number of rotatable bonds is 4. The Morgan fingerprint density at radius 3 is 2.79 bits per heavy atom. The molecule has 1 heterocycles. The van der Waals surface area contributed by atoms with Crippen LogP contribution in [0, 0.1) is 12.8 Å². The van der Waals surface area contributed by atoms with E-state index in [1.54, 1.807) is 6.20 Å². The fourth-order valence-electron chi connectivity index (χ4n) is 1.14. The number of nitrogens with two attached hydrogens (primary N) is 1. The Balaban J connectivity index is 2.50. The molecule has 0 aliphatic carbocycles. The average molecular weight is 193 g/mol. The molecule has 3 N–H and O–H groups in total. The van der Waals surface area contributed by atoms with Crippen LogP contribution in [0.5, 0.6) is 0 Å². The van der Waals surface area contributed by atoms with Gasteiger partial charge in [-0.25, -0.2) is 0 Å². The number of aryl methyl sites for hydroxylation is 1. The molecule has 0 saturated carbocycles. The van der Waals surface area contributed by atoms with Gasteiger partial charge in [0.2, 0.25) is 0 Å². The van der Waals surface area contributed by atoms with E-state index in [9.17, 15) is 0 Å². The summed E-state index contributed by atoms with van der Waals surface area (Å²) in [6, 6.07) is 2.17. The van der Waals surface area contributed by atoms with Crippen molar-refractivity contribution in [1.29, 1.82) is 0 Å². The SMILES string of the molecule is Cc1cnccc1NCC(N)C(C)C. The molecule has 0 bridgehead atoms. The van der Waals surface area contributed by atoms with E-state index in [1.807, 2.05) is 19.2 Å². The zero-order chi connectivity index (χ0) is 10.6. The number of hydrogen-bond acceptors (Lipinski definition) is 3. The normalized spacial score (nSPS) is 12.9. The molecule has 3 heteroatoms. The van der Waals surface area contributed by atoms with Crippen molar-refractivity contribution in [2.24, 2.45) is 11.7 Å². The minimum atomic E-state index is 0.197. The maximum absolute atomic E-state index is 5.94. The number of hydrogen-bond donors (Lipinski definition) is 2. The number of pyridine rings is 1. The van der Waals surface area contributed by atoms with Crippen molar-refractivity contribution in [1.82, 2.24) is 4.98 Å². The monoisotopic (exact) mass is 193 g/mol. The molecule has 1 rings (SSSR count). The topological polar surface area (TPSA) is 50.9 Å². The van der Waals surface area contributed by atoms with Crippen LogP contribution in [0.15, 0.2) is 18.5 Å². The fraction of sp³-hybridized carbons (Fsp3) is 0.545. The highest BCUT2D eigenvalue weighted by molar-refractivity contribution is 5.48. The highest BCUT2D eigenvalue weighted by Crippen LogP contribution is 2.11.